The fourth-order valence-corrected chi connectivity index (χ4v) is 0. The minimum absolute atomic E-state index is 0. The third kappa shape index (κ3) is 66.8. The number of hydrogen-bond acceptors (Lipinski definition) is 1. The third-order valence-electron chi connectivity index (χ3n) is 0.949. The number of rotatable bonds is 1. The molecule has 0 aliphatic carbocycles. The fourth-order valence-electron chi connectivity index (χ4n) is 0. The molecule has 0 radical (unpaired) electrons. The van der Waals surface area contributed by atoms with Crippen molar-refractivity contribution in [2.75, 3.05) is 48.8 Å². The van der Waals surface area contributed by atoms with Gasteiger partial charge in [-0.05, 0) is 28.1 Å². The van der Waals surface area contributed by atoms with Crippen molar-refractivity contribution in [3.05, 3.63) is 0 Å². The zero-order valence-corrected chi connectivity index (χ0v) is 9.83. The molecule has 0 N–H and O–H groups in total. The molecule has 3 heteroatoms. The van der Waals surface area contributed by atoms with Gasteiger partial charge in [0.05, 0.1) is 27.7 Å². The van der Waals surface area contributed by atoms with Gasteiger partial charge in [-0.15, -0.1) is 12.4 Å². The summed E-state index contributed by atoms with van der Waals surface area (Å²) in [7, 11) is 12.5. The first-order valence-corrected chi connectivity index (χ1v) is 3.71. The van der Waals surface area contributed by atoms with E-state index in [2.05, 4.69) is 28.1 Å². The predicted octanol–water partition coefficient (Wildman–Crippen LogP) is 1.31. The SMILES string of the molecule is CC[N+](C)(C)C.CN(C)C.Cl. The lowest BCUT2D eigenvalue weighted by atomic mass is 10.6. The van der Waals surface area contributed by atoms with Gasteiger partial charge in [0.1, 0.15) is 0 Å². The van der Waals surface area contributed by atoms with Crippen LogP contribution in [0.4, 0.5) is 0 Å². The molecule has 72 valence electrons. The molecule has 0 rings (SSSR count). The third-order valence-corrected chi connectivity index (χ3v) is 0.949. The van der Waals surface area contributed by atoms with Crippen molar-refractivity contribution in [3.8, 4) is 0 Å². The van der Waals surface area contributed by atoms with Crippen molar-refractivity contribution in [2.24, 2.45) is 0 Å². The van der Waals surface area contributed by atoms with Crippen LogP contribution < -0.4 is 0 Å². The average molecular weight is 184 g/mol. The van der Waals surface area contributed by atoms with Gasteiger partial charge in [-0.3, -0.25) is 0 Å². The Bertz CT molecular complexity index is 64.2. The number of quaternary nitrogens is 1. The van der Waals surface area contributed by atoms with Crippen molar-refractivity contribution < 1.29 is 4.48 Å². The molecule has 0 aromatic rings. The van der Waals surface area contributed by atoms with Gasteiger partial charge in [0.15, 0.2) is 0 Å². The van der Waals surface area contributed by atoms with Crippen LogP contribution >= 0.6 is 12.4 Å². The molecule has 0 spiro atoms. The van der Waals surface area contributed by atoms with Crippen LogP contribution in [0.15, 0.2) is 0 Å². The zero-order valence-electron chi connectivity index (χ0n) is 9.01. The van der Waals surface area contributed by atoms with E-state index in [0.717, 1.165) is 4.48 Å². The maximum atomic E-state index is 2.18. The van der Waals surface area contributed by atoms with E-state index < -0.39 is 0 Å². The first kappa shape index (κ1) is 17.3. The summed E-state index contributed by atoms with van der Waals surface area (Å²) in [6.45, 7) is 3.39. The Morgan fingerprint density at radius 2 is 1.09 bits per heavy atom. The lowest BCUT2D eigenvalue weighted by molar-refractivity contribution is -0.868. The molecule has 11 heavy (non-hydrogen) atoms. The van der Waals surface area contributed by atoms with Crippen molar-refractivity contribution in [3.63, 3.8) is 0 Å². The molecule has 0 saturated carbocycles. The van der Waals surface area contributed by atoms with Crippen LogP contribution in [-0.4, -0.2) is 58.2 Å². The largest absolute Gasteiger partial charge is 0.331 e. The highest BCUT2D eigenvalue weighted by atomic mass is 35.5. The van der Waals surface area contributed by atoms with Gasteiger partial charge >= 0.3 is 0 Å². The zero-order chi connectivity index (χ0) is 8.78. The van der Waals surface area contributed by atoms with Crippen molar-refractivity contribution in [2.45, 2.75) is 6.92 Å². The van der Waals surface area contributed by atoms with Crippen LogP contribution in [-0.2, 0) is 0 Å². The Hall–Kier alpha value is 0.210. The second-order valence-electron chi connectivity index (χ2n) is 3.95. The highest BCUT2D eigenvalue weighted by Gasteiger charge is 1.97. The smallest absolute Gasteiger partial charge is 0.0751 e. The van der Waals surface area contributed by atoms with E-state index >= 15 is 0 Å². The molecule has 0 aliphatic rings. The Labute approximate surface area is 78.2 Å². The molecule has 0 fully saturated rings. The summed E-state index contributed by atoms with van der Waals surface area (Å²) in [4.78, 5) is 2.00. The maximum absolute atomic E-state index is 2.18. The summed E-state index contributed by atoms with van der Waals surface area (Å²) >= 11 is 0. The van der Waals surface area contributed by atoms with E-state index in [1.165, 1.54) is 6.54 Å². The second-order valence-corrected chi connectivity index (χ2v) is 3.95. The lowest BCUT2D eigenvalue weighted by Gasteiger charge is -2.20. The van der Waals surface area contributed by atoms with Gasteiger partial charge in [0.25, 0.3) is 0 Å². The molecular formula is C8H24ClN2+. The Morgan fingerprint density at radius 3 is 1.09 bits per heavy atom. The standard InChI is InChI=1S/C5H14N.C3H9N.ClH/c1-5-6(2,3)4;1-4(2)3;/h5H2,1-4H3;1-3H3;1H/q+1;;. The van der Waals surface area contributed by atoms with Crippen LogP contribution in [0.25, 0.3) is 0 Å². The summed E-state index contributed by atoms with van der Waals surface area (Å²) in [5.74, 6) is 0. The second kappa shape index (κ2) is 8.31. The van der Waals surface area contributed by atoms with Crippen LogP contribution in [0, 0.1) is 0 Å². The first-order chi connectivity index (χ1) is 4.29. The molecule has 0 atom stereocenters. The molecular weight excluding hydrogens is 160 g/mol. The van der Waals surface area contributed by atoms with E-state index in [1.807, 2.05) is 26.0 Å². The summed E-state index contributed by atoms with van der Waals surface area (Å²) in [6.07, 6.45) is 0. The fraction of sp³-hybridized carbons (Fsp3) is 1.00. The average Bonchev–Trinajstić information content (AvgIpc) is 1.63. The van der Waals surface area contributed by atoms with Gasteiger partial charge < -0.3 is 9.38 Å². The van der Waals surface area contributed by atoms with Gasteiger partial charge in [-0.25, -0.2) is 0 Å². The van der Waals surface area contributed by atoms with E-state index in [4.69, 9.17) is 0 Å². The monoisotopic (exact) mass is 183 g/mol. The van der Waals surface area contributed by atoms with Gasteiger partial charge in [-0.1, -0.05) is 0 Å². The van der Waals surface area contributed by atoms with Crippen LogP contribution in [0.1, 0.15) is 6.92 Å². The summed E-state index contributed by atoms with van der Waals surface area (Å²) < 4.78 is 1.07. The van der Waals surface area contributed by atoms with Gasteiger partial charge in [-0.2, -0.15) is 0 Å². The number of hydrogen-bond donors (Lipinski definition) is 0. The molecule has 0 aromatic carbocycles. The molecule has 0 aromatic heterocycles. The van der Waals surface area contributed by atoms with Crippen molar-refractivity contribution in [1.82, 2.24) is 4.90 Å². The van der Waals surface area contributed by atoms with Crippen LogP contribution in [0.3, 0.4) is 0 Å². The molecule has 0 heterocycles. The Balaban J connectivity index is -0.000000114. The topological polar surface area (TPSA) is 3.24 Å². The van der Waals surface area contributed by atoms with Crippen LogP contribution in [0.5, 0.6) is 0 Å². The van der Waals surface area contributed by atoms with E-state index in [0.29, 0.717) is 0 Å². The Morgan fingerprint density at radius 1 is 1.00 bits per heavy atom. The molecule has 0 saturated heterocycles. The van der Waals surface area contributed by atoms with Crippen molar-refractivity contribution >= 4 is 12.4 Å². The minimum Gasteiger partial charge on any atom is -0.331 e. The van der Waals surface area contributed by atoms with Gasteiger partial charge in [0.2, 0.25) is 0 Å². The molecule has 0 unspecified atom stereocenters. The minimum atomic E-state index is 0. The lowest BCUT2D eigenvalue weighted by Crippen LogP contribution is -2.33. The highest BCUT2D eigenvalue weighted by molar-refractivity contribution is 5.85. The molecule has 0 bridgehead atoms. The van der Waals surface area contributed by atoms with E-state index in [9.17, 15) is 0 Å². The molecule has 0 aliphatic heterocycles. The quantitative estimate of drug-likeness (QED) is 0.555. The summed E-state index contributed by atoms with van der Waals surface area (Å²) in [5.41, 5.74) is 0. The molecule has 0 amide bonds. The first-order valence-electron chi connectivity index (χ1n) is 3.71. The van der Waals surface area contributed by atoms with E-state index in [1.54, 1.807) is 0 Å². The van der Waals surface area contributed by atoms with Gasteiger partial charge in [0, 0.05) is 0 Å². The normalized spacial score (nSPS) is 9.82. The Kier molecular flexibility index (Phi) is 13.1. The molecule has 2 nitrogen and oxygen atoms in total. The number of halogens is 1. The van der Waals surface area contributed by atoms with E-state index in [-0.39, 0.29) is 12.4 Å². The van der Waals surface area contributed by atoms with Crippen molar-refractivity contribution in [1.29, 1.82) is 0 Å². The predicted molar refractivity (Wildman–Crippen MR) is 55.4 cm³/mol. The number of nitrogens with zero attached hydrogens (tertiary/aromatic N) is 2. The summed E-state index contributed by atoms with van der Waals surface area (Å²) in [5, 5.41) is 0. The van der Waals surface area contributed by atoms with Crippen LogP contribution in [0.2, 0.25) is 0 Å². The highest BCUT2D eigenvalue weighted by Crippen LogP contribution is 1.83. The summed E-state index contributed by atoms with van der Waals surface area (Å²) in [6, 6.07) is 0. The maximum Gasteiger partial charge on any atom is 0.0751 e.